The van der Waals surface area contributed by atoms with Gasteiger partial charge >= 0.3 is 0 Å². The molecule has 0 spiro atoms. The molecule has 0 aliphatic carbocycles. The van der Waals surface area contributed by atoms with Gasteiger partial charge in [0.25, 0.3) is 0 Å². The predicted molar refractivity (Wildman–Crippen MR) is 59.5 cm³/mol. The van der Waals surface area contributed by atoms with Crippen molar-refractivity contribution in [2.75, 3.05) is 14.2 Å². The molecule has 1 N–H and O–H groups in total. The van der Waals surface area contributed by atoms with Gasteiger partial charge in [-0.3, -0.25) is 0 Å². The molecule has 0 aliphatic rings. The maximum absolute atomic E-state index is 9.19. The summed E-state index contributed by atoms with van der Waals surface area (Å²) in [6.45, 7) is 1.79. The fourth-order valence-corrected chi connectivity index (χ4v) is 1.41. The summed E-state index contributed by atoms with van der Waals surface area (Å²) in [4.78, 5) is 0. The standard InChI is InChI=1S/C12H18O3/c1-9(13)4-5-10-6-7-11(14-2)12(8-10)15-3/h6-9,13H,4-5H2,1-3H3. The van der Waals surface area contributed by atoms with E-state index in [0.717, 1.165) is 29.9 Å². The normalized spacial score (nSPS) is 12.3. The van der Waals surface area contributed by atoms with Crippen molar-refractivity contribution in [1.82, 2.24) is 0 Å². The highest BCUT2D eigenvalue weighted by Crippen LogP contribution is 2.27. The monoisotopic (exact) mass is 210 g/mol. The van der Waals surface area contributed by atoms with Gasteiger partial charge in [-0.25, -0.2) is 0 Å². The van der Waals surface area contributed by atoms with Gasteiger partial charge in [-0.1, -0.05) is 6.07 Å². The minimum atomic E-state index is -0.266. The summed E-state index contributed by atoms with van der Waals surface area (Å²) in [6, 6.07) is 5.82. The number of aliphatic hydroxyl groups is 1. The van der Waals surface area contributed by atoms with Gasteiger partial charge in [0.2, 0.25) is 0 Å². The molecule has 1 aromatic rings. The lowest BCUT2D eigenvalue weighted by molar-refractivity contribution is 0.185. The molecule has 0 fully saturated rings. The van der Waals surface area contributed by atoms with Gasteiger partial charge in [0.15, 0.2) is 11.5 Å². The second-order valence-corrected chi connectivity index (χ2v) is 3.58. The number of methoxy groups -OCH3 is 2. The van der Waals surface area contributed by atoms with Crippen LogP contribution in [0.3, 0.4) is 0 Å². The fraction of sp³-hybridized carbons (Fsp3) is 0.500. The highest BCUT2D eigenvalue weighted by molar-refractivity contribution is 5.42. The summed E-state index contributed by atoms with van der Waals surface area (Å²) in [5, 5.41) is 9.19. The SMILES string of the molecule is COc1ccc(CCC(C)O)cc1OC. The average Bonchev–Trinajstić information content (AvgIpc) is 2.25. The first-order valence-electron chi connectivity index (χ1n) is 5.06. The Balaban J connectivity index is 2.74. The van der Waals surface area contributed by atoms with E-state index in [4.69, 9.17) is 9.47 Å². The maximum Gasteiger partial charge on any atom is 0.160 e. The Morgan fingerprint density at radius 3 is 2.40 bits per heavy atom. The molecule has 0 heterocycles. The summed E-state index contributed by atoms with van der Waals surface area (Å²) in [5.41, 5.74) is 1.15. The maximum atomic E-state index is 9.19. The first-order chi connectivity index (χ1) is 7.17. The van der Waals surface area contributed by atoms with E-state index in [0.29, 0.717) is 0 Å². The molecule has 84 valence electrons. The summed E-state index contributed by atoms with van der Waals surface area (Å²) < 4.78 is 10.3. The van der Waals surface area contributed by atoms with Crippen LogP contribution in [0.5, 0.6) is 11.5 Å². The smallest absolute Gasteiger partial charge is 0.160 e. The van der Waals surface area contributed by atoms with Gasteiger partial charge in [0.1, 0.15) is 0 Å². The van der Waals surface area contributed by atoms with E-state index < -0.39 is 0 Å². The van der Waals surface area contributed by atoms with E-state index in [2.05, 4.69) is 0 Å². The summed E-state index contributed by atoms with van der Waals surface area (Å²) in [5.74, 6) is 1.47. The lowest BCUT2D eigenvalue weighted by atomic mass is 10.1. The molecule has 1 atom stereocenters. The van der Waals surface area contributed by atoms with Crippen molar-refractivity contribution in [2.24, 2.45) is 0 Å². The molecule has 3 heteroatoms. The largest absolute Gasteiger partial charge is 0.493 e. The van der Waals surface area contributed by atoms with Crippen LogP contribution in [-0.2, 0) is 6.42 Å². The average molecular weight is 210 g/mol. The number of aliphatic hydroxyl groups excluding tert-OH is 1. The van der Waals surface area contributed by atoms with Crippen LogP contribution in [0.4, 0.5) is 0 Å². The molecule has 0 saturated heterocycles. The number of hydrogen-bond donors (Lipinski definition) is 1. The summed E-state index contributed by atoms with van der Waals surface area (Å²) in [6.07, 6.45) is 1.34. The fourth-order valence-electron chi connectivity index (χ4n) is 1.41. The van der Waals surface area contributed by atoms with E-state index in [1.54, 1.807) is 21.1 Å². The molecule has 0 bridgehead atoms. The minimum Gasteiger partial charge on any atom is -0.493 e. The Morgan fingerprint density at radius 1 is 1.20 bits per heavy atom. The van der Waals surface area contributed by atoms with Crippen LogP contribution >= 0.6 is 0 Å². The van der Waals surface area contributed by atoms with Gasteiger partial charge < -0.3 is 14.6 Å². The Kier molecular flexibility index (Phi) is 4.43. The van der Waals surface area contributed by atoms with E-state index in [9.17, 15) is 5.11 Å². The predicted octanol–water partition coefficient (Wildman–Crippen LogP) is 2.02. The van der Waals surface area contributed by atoms with Crippen molar-refractivity contribution in [3.63, 3.8) is 0 Å². The van der Waals surface area contributed by atoms with E-state index >= 15 is 0 Å². The van der Waals surface area contributed by atoms with Crippen molar-refractivity contribution < 1.29 is 14.6 Å². The van der Waals surface area contributed by atoms with Crippen molar-refractivity contribution in [1.29, 1.82) is 0 Å². The molecule has 15 heavy (non-hydrogen) atoms. The molecule has 3 nitrogen and oxygen atoms in total. The van der Waals surface area contributed by atoms with Crippen LogP contribution in [0.25, 0.3) is 0 Å². The molecule has 0 amide bonds. The second-order valence-electron chi connectivity index (χ2n) is 3.58. The Morgan fingerprint density at radius 2 is 1.87 bits per heavy atom. The van der Waals surface area contributed by atoms with Crippen LogP contribution in [0.15, 0.2) is 18.2 Å². The molecule has 0 aromatic heterocycles. The molecule has 1 unspecified atom stereocenters. The summed E-state index contributed by atoms with van der Waals surface area (Å²) >= 11 is 0. The highest BCUT2D eigenvalue weighted by Gasteiger charge is 2.05. The van der Waals surface area contributed by atoms with Gasteiger partial charge in [0, 0.05) is 0 Å². The van der Waals surface area contributed by atoms with Crippen LogP contribution in [0.1, 0.15) is 18.9 Å². The van der Waals surface area contributed by atoms with Crippen LogP contribution in [0.2, 0.25) is 0 Å². The Hall–Kier alpha value is -1.22. The summed E-state index contributed by atoms with van der Waals surface area (Å²) in [7, 11) is 3.24. The van der Waals surface area contributed by atoms with Crippen LogP contribution in [-0.4, -0.2) is 25.4 Å². The number of hydrogen-bond acceptors (Lipinski definition) is 3. The third kappa shape index (κ3) is 3.44. The first-order valence-corrected chi connectivity index (χ1v) is 5.06. The molecule has 0 radical (unpaired) electrons. The van der Waals surface area contributed by atoms with Crippen molar-refractivity contribution >= 4 is 0 Å². The van der Waals surface area contributed by atoms with Crippen molar-refractivity contribution in [2.45, 2.75) is 25.9 Å². The topological polar surface area (TPSA) is 38.7 Å². The zero-order chi connectivity index (χ0) is 11.3. The minimum absolute atomic E-state index is 0.266. The quantitative estimate of drug-likeness (QED) is 0.808. The molecule has 0 saturated carbocycles. The second kappa shape index (κ2) is 5.61. The number of benzene rings is 1. The van der Waals surface area contributed by atoms with Gasteiger partial charge in [-0.05, 0) is 37.5 Å². The lowest BCUT2D eigenvalue weighted by Gasteiger charge is -2.10. The van der Waals surface area contributed by atoms with Crippen molar-refractivity contribution in [3.8, 4) is 11.5 Å². The molecule has 0 aliphatic heterocycles. The Labute approximate surface area is 90.6 Å². The number of aryl methyl sites for hydroxylation is 1. The third-order valence-corrected chi connectivity index (χ3v) is 2.30. The van der Waals surface area contributed by atoms with E-state index in [1.807, 2.05) is 18.2 Å². The zero-order valence-electron chi connectivity index (χ0n) is 9.49. The van der Waals surface area contributed by atoms with E-state index in [-0.39, 0.29) is 6.10 Å². The lowest BCUT2D eigenvalue weighted by Crippen LogP contribution is -2.01. The van der Waals surface area contributed by atoms with E-state index in [1.165, 1.54) is 0 Å². The first kappa shape index (κ1) is 11.9. The third-order valence-electron chi connectivity index (χ3n) is 2.30. The molecule has 1 aromatic carbocycles. The van der Waals surface area contributed by atoms with Gasteiger partial charge in [-0.2, -0.15) is 0 Å². The van der Waals surface area contributed by atoms with Gasteiger partial charge in [-0.15, -0.1) is 0 Å². The zero-order valence-corrected chi connectivity index (χ0v) is 9.49. The van der Waals surface area contributed by atoms with Gasteiger partial charge in [0.05, 0.1) is 20.3 Å². The molecule has 1 rings (SSSR count). The van der Waals surface area contributed by atoms with Crippen LogP contribution < -0.4 is 9.47 Å². The highest BCUT2D eigenvalue weighted by atomic mass is 16.5. The molecular weight excluding hydrogens is 192 g/mol. The number of ether oxygens (including phenoxy) is 2. The van der Waals surface area contributed by atoms with Crippen LogP contribution in [0, 0.1) is 0 Å². The number of rotatable bonds is 5. The molecular formula is C12H18O3. The van der Waals surface area contributed by atoms with Crippen molar-refractivity contribution in [3.05, 3.63) is 23.8 Å². The Bertz CT molecular complexity index is 308.